The number of hydrogen-bond donors (Lipinski definition) is 1. The van der Waals surface area contributed by atoms with E-state index < -0.39 is 6.10 Å². The molecule has 1 amide bonds. The largest absolute Gasteiger partial charge is 0.370 e. The first-order valence-electron chi connectivity index (χ1n) is 5.11. The topological polar surface area (TPSA) is 55.6 Å². The predicted octanol–water partition coefficient (Wildman–Crippen LogP) is 0.0745. The molecule has 2 N–H and O–H groups in total. The van der Waals surface area contributed by atoms with Gasteiger partial charge in [0.15, 0.2) is 0 Å². The Kier molecular flexibility index (Phi) is 3.89. The zero-order valence-corrected chi connectivity index (χ0v) is 9.19. The number of amides is 1. The van der Waals surface area contributed by atoms with E-state index in [2.05, 4.69) is 13.8 Å². The molecule has 0 aliphatic carbocycles. The molecule has 82 valence electrons. The Balaban J connectivity index is 2.54. The third kappa shape index (κ3) is 2.25. The zero-order chi connectivity index (χ0) is 10.7. The maximum Gasteiger partial charge on any atom is 0.253 e. The summed E-state index contributed by atoms with van der Waals surface area (Å²) in [6.07, 6.45) is -0.465. The molecule has 3 atom stereocenters. The lowest BCUT2D eigenvalue weighted by Crippen LogP contribution is -2.42. The van der Waals surface area contributed by atoms with Crippen LogP contribution in [0.25, 0.3) is 0 Å². The molecule has 1 aliphatic heterocycles. The predicted molar refractivity (Wildman–Crippen MR) is 54.8 cm³/mol. The Bertz CT molecular complexity index is 194. The smallest absolute Gasteiger partial charge is 0.253 e. The van der Waals surface area contributed by atoms with E-state index in [0.29, 0.717) is 11.8 Å². The molecule has 3 unspecified atom stereocenters. The lowest BCUT2D eigenvalue weighted by molar-refractivity contribution is -0.140. The van der Waals surface area contributed by atoms with Gasteiger partial charge in [0.1, 0.15) is 6.10 Å². The van der Waals surface area contributed by atoms with E-state index in [9.17, 15) is 4.79 Å². The van der Waals surface area contributed by atoms with Crippen LogP contribution in [0.4, 0.5) is 0 Å². The van der Waals surface area contributed by atoms with E-state index in [-0.39, 0.29) is 12.5 Å². The molecule has 1 aliphatic rings. The number of ether oxygens (including phenoxy) is 1. The van der Waals surface area contributed by atoms with Gasteiger partial charge in [0, 0.05) is 26.7 Å². The van der Waals surface area contributed by atoms with Gasteiger partial charge in [0.25, 0.3) is 5.91 Å². The van der Waals surface area contributed by atoms with Crippen molar-refractivity contribution in [3.8, 4) is 0 Å². The lowest BCUT2D eigenvalue weighted by Gasteiger charge is -2.21. The molecule has 1 fully saturated rings. The minimum Gasteiger partial charge on any atom is -0.370 e. The van der Waals surface area contributed by atoms with Crippen molar-refractivity contribution in [2.45, 2.75) is 20.0 Å². The van der Waals surface area contributed by atoms with Crippen LogP contribution in [0.2, 0.25) is 0 Å². The second-order valence-corrected chi connectivity index (χ2v) is 4.16. The van der Waals surface area contributed by atoms with Gasteiger partial charge in [0.2, 0.25) is 0 Å². The van der Waals surface area contributed by atoms with Crippen LogP contribution in [0.1, 0.15) is 13.8 Å². The van der Waals surface area contributed by atoms with Crippen LogP contribution in [-0.2, 0) is 9.53 Å². The van der Waals surface area contributed by atoms with Gasteiger partial charge in [0.05, 0.1) is 0 Å². The van der Waals surface area contributed by atoms with Gasteiger partial charge in [-0.2, -0.15) is 0 Å². The number of methoxy groups -OCH3 is 1. The Morgan fingerprint density at radius 1 is 1.50 bits per heavy atom. The number of carbonyl (C=O) groups excluding carboxylic acids is 1. The number of hydrogen-bond acceptors (Lipinski definition) is 3. The summed E-state index contributed by atoms with van der Waals surface area (Å²) in [5, 5.41) is 0. The minimum atomic E-state index is -0.465. The molecule has 4 nitrogen and oxygen atoms in total. The van der Waals surface area contributed by atoms with Crippen molar-refractivity contribution in [3.63, 3.8) is 0 Å². The fourth-order valence-corrected chi connectivity index (χ4v) is 1.81. The summed E-state index contributed by atoms with van der Waals surface area (Å²) in [5.41, 5.74) is 5.45. The Hall–Kier alpha value is -0.610. The van der Waals surface area contributed by atoms with Crippen molar-refractivity contribution < 1.29 is 9.53 Å². The van der Waals surface area contributed by atoms with E-state index >= 15 is 0 Å². The summed E-state index contributed by atoms with van der Waals surface area (Å²) in [5.74, 6) is 1.19. The van der Waals surface area contributed by atoms with E-state index in [0.717, 1.165) is 13.1 Å². The van der Waals surface area contributed by atoms with Crippen molar-refractivity contribution in [1.82, 2.24) is 4.90 Å². The number of nitrogens with two attached hydrogens (primary N) is 1. The van der Waals surface area contributed by atoms with Crippen LogP contribution in [0.15, 0.2) is 0 Å². The lowest BCUT2D eigenvalue weighted by atomic mass is 10.0. The van der Waals surface area contributed by atoms with Crippen LogP contribution in [0.3, 0.4) is 0 Å². The van der Waals surface area contributed by atoms with Gasteiger partial charge in [-0.05, 0) is 11.8 Å². The second-order valence-electron chi connectivity index (χ2n) is 4.16. The average molecular weight is 200 g/mol. The fourth-order valence-electron chi connectivity index (χ4n) is 1.81. The van der Waals surface area contributed by atoms with Crippen molar-refractivity contribution in [2.75, 3.05) is 26.7 Å². The van der Waals surface area contributed by atoms with Crippen molar-refractivity contribution in [3.05, 3.63) is 0 Å². The molecule has 4 heteroatoms. The molecule has 0 saturated carbocycles. The molecule has 0 radical (unpaired) electrons. The molecular weight excluding hydrogens is 180 g/mol. The van der Waals surface area contributed by atoms with Gasteiger partial charge in [-0.1, -0.05) is 13.8 Å². The second kappa shape index (κ2) is 4.75. The third-order valence-electron chi connectivity index (χ3n) is 3.07. The van der Waals surface area contributed by atoms with Crippen LogP contribution >= 0.6 is 0 Å². The van der Waals surface area contributed by atoms with Crippen molar-refractivity contribution in [2.24, 2.45) is 17.6 Å². The van der Waals surface area contributed by atoms with Gasteiger partial charge < -0.3 is 15.4 Å². The van der Waals surface area contributed by atoms with Crippen LogP contribution in [-0.4, -0.2) is 43.7 Å². The van der Waals surface area contributed by atoms with Gasteiger partial charge >= 0.3 is 0 Å². The highest BCUT2D eigenvalue weighted by Gasteiger charge is 2.32. The van der Waals surface area contributed by atoms with E-state index in [1.54, 1.807) is 0 Å². The number of carbonyl (C=O) groups is 1. The number of rotatable bonds is 3. The average Bonchev–Trinajstić information content (AvgIpc) is 2.49. The Morgan fingerprint density at radius 2 is 2.00 bits per heavy atom. The van der Waals surface area contributed by atoms with Crippen LogP contribution in [0.5, 0.6) is 0 Å². The molecular formula is C10H20N2O2. The van der Waals surface area contributed by atoms with Crippen molar-refractivity contribution in [1.29, 1.82) is 0 Å². The highest BCUT2D eigenvalue weighted by atomic mass is 16.5. The summed E-state index contributed by atoms with van der Waals surface area (Å²) in [6.45, 7) is 6.26. The van der Waals surface area contributed by atoms with Gasteiger partial charge in [-0.25, -0.2) is 0 Å². The maximum absolute atomic E-state index is 11.8. The van der Waals surface area contributed by atoms with Crippen molar-refractivity contribution >= 4 is 5.91 Å². The van der Waals surface area contributed by atoms with E-state index in [4.69, 9.17) is 10.5 Å². The fraction of sp³-hybridized carbons (Fsp3) is 0.900. The molecule has 1 saturated heterocycles. The quantitative estimate of drug-likeness (QED) is 0.701. The minimum absolute atomic E-state index is 0.0335. The SMILES string of the molecule is COC(CN)C(=O)N1CC(C)C(C)C1. The summed E-state index contributed by atoms with van der Waals surface area (Å²) >= 11 is 0. The highest BCUT2D eigenvalue weighted by molar-refractivity contribution is 5.81. The normalized spacial score (nSPS) is 29.3. The molecule has 0 aromatic carbocycles. The van der Waals surface area contributed by atoms with E-state index in [1.165, 1.54) is 7.11 Å². The monoisotopic (exact) mass is 200 g/mol. The van der Waals surface area contributed by atoms with E-state index in [1.807, 2.05) is 4.90 Å². The summed E-state index contributed by atoms with van der Waals surface area (Å²) in [6, 6.07) is 0. The first kappa shape index (κ1) is 11.5. The summed E-state index contributed by atoms with van der Waals surface area (Å²) in [7, 11) is 1.53. The first-order valence-corrected chi connectivity index (χ1v) is 5.11. The van der Waals surface area contributed by atoms with Crippen LogP contribution in [0, 0.1) is 11.8 Å². The third-order valence-corrected chi connectivity index (χ3v) is 3.07. The molecule has 1 rings (SSSR count). The molecule has 0 aromatic rings. The summed E-state index contributed by atoms with van der Waals surface area (Å²) in [4.78, 5) is 13.7. The zero-order valence-electron chi connectivity index (χ0n) is 9.19. The first-order chi connectivity index (χ1) is 6.60. The Labute approximate surface area is 85.4 Å². The molecule has 1 heterocycles. The van der Waals surface area contributed by atoms with Crippen LogP contribution < -0.4 is 5.73 Å². The Morgan fingerprint density at radius 3 is 2.36 bits per heavy atom. The van der Waals surface area contributed by atoms with Gasteiger partial charge in [-0.3, -0.25) is 4.79 Å². The maximum atomic E-state index is 11.8. The highest BCUT2D eigenvalue weighted by Crippen LogP contribution is 2.22. The molecule has 0 aromatic heterocycles. The standard InChI is InChI=1S/C10H20N2O2/c1-7-5-12(6-8(7)2)10(13)9(4-11)14-3/h7-9H,4-6,11H2,1-3H3. The van der Waals surface area contributed by atoms with Gasteiger partial charge in [-0.15, -0.1) is 0 Å². The number of nitrogens with zero attached hydrogens (tertiary/aromatic N) is 1. The molecule has 0 bridgehead atoms. The molecule has 14 heavy (non-hydrogen) atoms. The summed E-state index contributed by atoms with van der Waals surface area (Å²) < 4.78 is 5.03. The number of likely N-dealkylation sites (tertiary alicyclic amines) is 1. The molecule has 0 spiro atoms.